The number of nitrogens with one attached hydrogen (secondary N) is 1. The molecule has 1 amide bonds. The first-order valence-electron chi connectivity index (χ1n) is 8.46. The molecule has 1 N–H and O–H groups in total. The number of rotatable bonds is 4. The first-order valence-corrected chi connectivity index (χ1v) is 10.3. The van der Waals surface area contributed by atoms with Gasteiger partial charge < -0.3 is 4.42 Å². The second kappa shape index (κ2) is 7.92. The van der Waals surface area contributed by atoms with Crippen molar-refractivity contribution in [1.82, 2.24) is 14.5 Å². The number of piperidine rings is 1. The second-order valence-corrected chi connectivity index (χ2v) is 8.78. The Balaban J connectivity index is 1.69. The summed E-state index contributed by atoms with van der Waals surface area (Å²) < 4.78 is 70.7. The van der Waals surface area contributed by atoms with Gasteiger partial charge in [-0.15, -0.1) is 5.10 Å². The summed E-state index contributed by atoms with van der Waals surface area (Å²) in [5, 5.41) is 9.12. The van der Waals surface area contributed by atoms with E-state index in [9.17, 15) is 26.4 Å². The van der Waals surface area contributed by atoms with E-state index in [4.69, 9.17) is 16.0 Å². The third-order valence-electron chi connectivity index (χ3n) is 4.46. The van der Waals surface area contributed by atoms with Crippen LogP contribution < -0.4 is 5.32 Å². The van der Waals surface area contributed by atoms with Gasteiger partial charge in [0.2, 0.25) is 21.8 Å². The average molecular weight is 453 g/mol. The van der Waals surface area contributed by atoms with Crippen LogP contribution >= 0.6 is 11.6 Å². The lowest BCUT2D eigenvalue weighted by Crippen LogP contribution is -2.41. The number of hydrogen-bond donors (Lipinski definition) is 1. The fraction of sp³-hybridized carbons (Fsp3) is 0.438. The van der Waals surface area contributed by atoms with Crippen molar-refractivity contribution in [3.05, 3.63) is 34.7 Å². The molecule has 13 heteroatoms. The molecule has 1 aliphatic heterocycles. The van der Waals surface area contributed by atoms with Gasteiger partial charge in [0.15, 0.2) is 0 Å². The number of anilines is 1. The van der Waals surface area contributed by atoms with E-state index in [1.165, 1.54) is 0 Å². The largest absolute Gasteiger partial charge is 0.417 e. The molecule has 1 aromatic carbocycles. The molecular formula is C16H16ClF3N4O4S. The number of hydrogen-bond acceptors (Lipinski definition) is 6. The molecule has 0 aliphatic carbocycles. The number of halogens is 4. The lowest BCUT2D eigenvalue weighted by atomic mass is 9.97. The highest BCUT2D eigenvalue weighted by atomic mass is 35.5. The Labute approximate surface area is 169 Å². The van der Waals surface area contributed by atoms with Crippen molar-refractivity contribution in [2.45, 2.75) is 30.8 Å². The van der Waals surface area contributed by atoms with Crippen molar-refractivity contribution in [1.29, 1.82) is 0 Å². The molecule has 2 heterocycles. The number of sulfonamides is 1. The van der Waals surface area contributed by atoms with Gasteiger partial charge in [-0.05, 0) is 31.0 Å². The number of amides is 1. The van der Waals surface area contributed by atoms with E-state index in [0.717, 1.165) is 16.4 Å². The van der Waals surface area contributed by atoms with E-state index in [1.807, 2.05) is 0 Å². The Morgan fingerprint density at radius 3 is 2.48 bits per heavy atom. The lowest BCUT2D eigenvalue weighted by Gasteiger charge is -2.30. The Bertz CT molecular complexity index is 1020. The zero-order valence-electron chi connectivity index (χ0n) is 15.0. The van der Waals surface area contributed by atoms with Crippen LogP contribution in [0.3, 0.4) is 0 Å². The van der Waals surface area contributed by atoms with E-state index in [2.05, 4.69) is 15.5 Å². The Morgan fingerprint density at radius 1 is 1.28 bits per heavy atom. The molecule has 1 fully saturated rings. The molecule has 1 aliphatic rings. The minimum absolute atomic E-state index is 0.0206. The quantitative estimate of drug-likeness (QED) is 0.764. The van der Waals surface area contributed by atoms with Crippen molar-refractivity contribution in [2.75, 3.05) is 18.4 Å². The maximum Gasteiger partial charge on any atom is 0.417 e. The van der Waals surface area contributed by atoms with Gasteiger partial charge in [-0.3, -0.25) is 10.1 Å². The van der Waals surface area contributed by atoms with E-state index < -0.39 is 43.5 Å². The standard InChI is InChI=1S/C16H16ClF3N4O4S/c1-9-22-23-15(28-9)21-14(25)10-4-6-24(7-5-10)29(26,27)11-2-3-13(17)12(8-11)16(18,19)20/h2-3,8,10H,4-7H2,1H3,(H,21,23,25). The van der Waals surface area contributed by atoms with Crippen LogP contribution in [0.5, 0.6) is 0 Å². The lowest BCUT2D eigenvalue weighted by molar-refractivity contribution is -0.137. The SMILES string of the molecule is Cc1nnc(NC(=O)C2CCN(S(=O)(=O)c3ccc(Cl)c(C(F)(F)F)c3)CC2)o1. The molecule has 29 heavy (non-hydrogen) atoms. The van der Waals surface area contributed by atoms with Gasteiger partial charge in [0.25, 0.3) is 0 Å². The van der Waals surface area contributed by atoms with E-state index in [0.29, 0.717) is 6.07 Å². The molecule has 8 nitrogen and oxygen atoms in total. The number of aromatic nitrogens is 2. The van der Waals surface area contributed by atoms with Crippen LogP contribution in [0.4, 0.5) is 19.2 Å². The zero-order chi connectivity index (χ0) is 21.4. The van der Waals surface area contributed by atoms with E-state index in [-0.39, 0.29) is 37.8 Å². The number of nitrogens with zero attached hydrogens (tertiary/aromatic N) is 3. The number of alkyl halides is 3. The van der Waals surface area contributed by atoms with Gasteiger partial charge in [0.1, 0.15) is 0 Å². The summed E-state index contributed by atoms with van der Waals surface area (Å²) in [5.41, 5.74) is -1.22. The van der Waals surface area contributed by atoms with Crippen molar-refractivity contribution in [3.63, 3.8) is 0 Å². The zero-order valence-corrected chi connectivity index (χ0v) is 16.6. The molecule has 0 spiro atoms. The fourth-order valence-electron chi connectivity index (χ4n) is 2.94. The topological polar surface area (TPSA) is 105 Å². The molecule has 1 saturated heterocycles. The van der Waals surface area contributed by atoms with Crippen molar-refractivity contribution in [3.8, 4) is 0 Å². The molecule has 0 unspecified atom stereocenters. The Hall–Kier alpha value is -2.18. The monoisotopic (exact) mass is 452 g/mol. The third-order valence-corrected chi connectivity index (χ3v) is 6.69. The van der Waals surface area contributed by atoms with Gasteiger partial charge in [-0.1, -0.05) is 16.7 Å². The predicted molar refractivity (Wildman–Crippen MR) is 95.6 cm³/mol. The number of carbonyl (C=O) groups excluding carboxylic acids is 1. The highest BCUT2D eigenvalue weighted by molar-refractivity contribution is 7.89. The van der Waals surface area contributed by atoms with E-state index in [1.54, 1.807) is 6.92 Å². The fourth-order valence-corrected chi connectivity index (χ4v) is 4.67. The summed E-state index contributed by atoms with van der Waals surface area (Å²) >= 11 is 5.55. The molecule has 3 rings (SSSR count). The molecular weight excluding hydrogens is 437 g/mol. The highest BCUT2D eigenvalue weighted by Crippen LogP contribution is 2.36. The predicted octanol–water partition coefficient (Wildman–Crippen LogP) is 3.09. The van der Waals surface area contributed by atoms with Gasteiger partial charge in [-0.25, -0.2) is 8.42 Å². The summed E-state index contributed by atoms with van der Waals surface area (Å²) in [5.74, 6) is -0.608. The van der Waals surface area contributed by atoms with Crippen molar-refractivity contribution in [2.24, 2.45) is 5.92 Å². The van der Waals surface area contributed by atoms with Crippen LogP contribution in [0.15, 0.2) is 27.5 Å². The average Bonchev–Trinajstić information content (AvgIpc) is 3.05. The summed E-state index contributed by atoms with van der Waals surface area (Å²) in [7, 11) is -4.16. The van der Waals surface area contributed by atoms with Crippen molar-refractivity contribution < 1.29 is 30.8 Å². The van der Waals surface area contributed by atoms with Crippen LogP contribution in [0, 0.1) is 12.8 Å². The Morgan fingerprint density at radius 2 is 1.93 bits per heavy atom. The van der Waals surface area contributed by atoms with Gasteiger partial charge in [-0.2, -0.15) is 17.5 Å². The molecule has 2 aromatic rings. The molecule has 0 atom stereocenters. The number of benzene rings is 1. The van der Waals surface area contributed by atoms with Crippen LogP contribution in [0.2, 0.25) is 5.02 Å². The maximum atomic E-state index is 13.0. The van der Waals surface area contributed by atoms with Crippen LogP contribution in [-0.2, 0) is 21.0 Å². The normalized spacial score (nSPS) is 16.7. The summed E-state index contributed by atoms with van der Waals surface area (Å²) in [4.78, 5) is 11.7. The van der Waals surface area contributed by atoms with Gasteiger partial charge in [0.05, 0.1) is 15.5 Å². The summed E-state index contributed by atoms with van der Waals surface area (Å²) in [6.45, 7) is 1.52. The molecule has 158 valence electrons. The molecule has 0 bridgehead atoms. The third kappa shape index (κ3) is 4.70. The Kier molecular flexibility index (Phi) is 5.88. The maximum absolute atomic E-state index is 13.0. The smallest absolute Gasteiger partial charge is 0.408 e. The van der Waals surface area contributed by atoms with Gasteiger partial charge >= 0.3 is 12.2 Å². The highest BCUT2D eigenvalue weighted by Gasteiger charge is 2.37. The van der Waals surface area contributed by atoms with Crippen LogP contribution in [0.25, 0.3) is 0 Å². The van der Waals surface area contributed by atoms with Crippen molar-refractivity contribution >= 4 is 33.5 Å². The van der Waals surface area contributed by atoms with Crippen LogP contribution in [0.1, 0.15) is 24.3 Å². The van der Waals surface area contributed by atoms with Crippen LogP contribution in [-0.4, -0.2) is 41.9 Å². The summed E-state index contributed by atoms with van der Waals surface area (Å²) in [6, 6.07) is 2.41. The van der Waals surface area contributed by atoms with E-state index >= 15 is 0 Å². The molecule has 1 aromatic heterocycles. The minimum Gasteiger partial charge on any atom is -0.408 e. The minimum atomic E-state index is -4.78. The summed E-state index contributed by atoms with van der Waals surface area (Å²) in [6.07, 6.45) is -4.39. The first-order chi connectivity index (χ1) is 13.5. The first kappa shape index (κ1) is 21.5. The van der Waals surface area contributed by atoms with Gasteiger partial charge in [0, 0.05) is 25.9 Å². The molecule has 0 saturated carbocycles. The number of carbonyl (C=O) groups is 1. The second-order valence-electron chi connectivity index (χ2n) is 6.43. The number of aryl methyl sites for hydroxylation is 1. The molecule has 0 radical (unpaired) electrons.